The summed E-state index contributed by atoms with van der Waals surface area (Å²) in [5.41, 5.74) is 1.94. The molecule has 0 unspecified atom stereocenters. The first-order valence-electron chi connectivity index (χ1n) is 8.22. The third-order valence-corrected chi connectivity index (χ3v) is 5.15. The molecule has 4 heterocycles. The lowest BCUT2D eigenvalue weighted by Crippen LogP contribution is -2.39. The zero-order valence-corrected chi connectivity index (χ0v) is 13.3. The molecule has 2 saturated heterocycles. The van der Waals surface area contributed by atoms with Gasteiger partial charge < -0.3 is 9.32 Å². The number of pyridine rings is 1. The fraction of sp³-hybridized carbons (Fsp3) is 0.444. The van der Waals surface area contributed by atoms with Gasteiger partial charge in [0.25, 0.3) is 5.91 Å². The number of aromatic nitrogens is 1. The minimum Gasteiger partial charge on any atom is -0.469 e. The van der Waals surface area contributed by atoms with Crippen LogP contribution in [0.4, 0.5) is 0 Å². The maximum atomic E-state index is 12.8. The number of aryl methyl sites for hydroxylation is 1. The van der Waals surface area contributed by atoms with Crippen molar-refractivity contribution in [3.8, 4) is 0 Å². The van der Waals surface area contributed by atoms with Crippen LogP contribution in [0.15, 0.2) is 41.3 Å². The summed E-state index contributed by atoms with van der Waals surface area (Å²) in [6, 6.07) is 6.68. The second-order valence-electron chi connectivity index (χ2n) is 6.43. The van der Waals surface area contributed by atoms with E-state index in [1.54, 1.807) is 18.5 Å². The molecular formula is C18H21N3O2. The molecule has 2 atom stereocenters. The van der Waals surface area contributed by atoms with Crippen molar-refractivity contribution in [1.29, 1.82) is 0 Å². The van der Waals surface area contributed by atoms with Gasteiger partial charge in [0.15, 0.2) is 0 Å². The van der Waals surface area contributed by atoms with E-state index in [1.165, 1.54) is 5.56 Å². The monoisotopic (exact) mass is 311 g/mol. The summed E-state index contributed by atoms with van der Waals surface area (Å²) >= 11 is 0. The number of furan rings is 1. The lowest BCUT2D eigenvalue weighted by Gasteiger charge is -2.25. The van der Waals surface area contributed by atoms with Crippen LogP contribution in [-0.4, -0.2) is 45.9 Å². The van der Waals surface area contributed by atoms with Crippen LogP contribution in [0.2, 0.25) is 0 Å². The number of hydrogen-bond donors (Lipinski definition) is 0. The van der Waals surface area contributed by atoms with Gasteiger partial charge in [-0.3, -0.25) is 14.7 Å². The predicted molar refractivity (Wildman–Crippen MR) is 85.9 cm³/mol. The van der Waals surface area contributed by atoms with E-state index in [2.05, 4.69) is 16.0 Å². The molecule has 0 bridgehead atoms. The van der Waals surface area contributed by atoms with Gasteiger partial charge in [-0.15, -0.1) is 0 Å². The molecule has 0 N–H and O–H groups in total. The molecule has 120 valence electrons. The lowest BCUT2D eigenvalue weighted by atomic mass is 10.1. The number of carbonyl (C=O) groups is 1. The van der Waals surface area contributed by atoms with E-state index in [9.17, 15) is 4.79 Å². The summed E-state index contributed by atoms with van der Waals surface area (Å²) in [5, 5.41) is 0. The highest BCUT2D eigenvalue weighted by Crippen LogP contribution is 2.33. The summed E-state index contributed by atoms with van der Waals surface area (Å²) in [7, 11) is 0. The van der Waals surface area contributed by atoms with Gasteiger partial charge in [-0.25, -0.2) is 0 Å². The van der Waals surface area contributed by atoms with Crippen molar-refractivity contribution in [3.63, 3.8) is 0 Å². The first-order chi connectivity index (χ1) is 11.2. The van der Waals surface area contributed by atoms with Gasteiger partial charge in [0.1, 0.15) is 5.76 Å². The Morgan fingerprint density at radius 2 is 2.17 bits per heavy atom. The van der Waals surface area contributed by atoms with Crippen LogP contribution < -0.4 is 0 Å². The van der Waals surface area contributed by atoms with Crippen LogP contribution in [0.3, 0.4) is 0 Å². The Labute approximate surface area is 135 Å². The van der Waals surface area contributed by atoms with Crippen LogP contribution >= 0.6 is 0 Å². The highest BCUT2D eigenvalue weighted by molar-refractivity contribution is 5.95. The highest BCUT2D eigenvalue weighted by Gasteiger charge is 2.44. The van der Waals surface area contributed by atoms with E-state index < -0.39 is 0 Å². The van der Waals surface area contributed by atoms with Crippen molar-refractivity contribution in [3.05, 3.63) is 53.7 Å². The number of likely N-dealkylation sites (tertiary alicyclic amines) is 2. The van der Waals surface area contributed by atoms with E-state index in [0.29, 0.717) is 23.4 Å². The van der Waals surface area contributed by atoms with Crippen molar-refractivity contribution in [2.75, 3.05) is 13.1 Å². The Kier molecular flexibility index (Phi) is 3.65. The quantitative estimate of drug-likeness (QED) is 0.874. The molecule has 5 nitrogen and oxygen atoms in total. The topological polar surface area (TPSA) is 49.6 Å². The third kappa shape index (κ3) is 2.55. The molecule has 23 heavy (non-hydrogen) atoms. The first-order valence-corrected chi connectivity index (χ1v) is 8.22. The van der Waals surface area contributed by atoms with Gasteiger partial charge in [0.05, 0.1) is 11.8 Å². The molecule has 0 aliphatic carbocycles. The molecule has 0 spiro atoms. The van der Waals surface area contributed by atoms with Crippen molar-refractivity contribution in [2.24, 2.45) is 0 Å². The van der Waals surface area contributed by atoms with Crippen molar-refractivity contribution in [2.45, 2.75) is 38.4 Å². The maximum Gasteiger partial charge on any atom is 0.257 e. The second kappa shape index (κ2) is 5.81. The minimum absolute atomic E-state index is 0.118. The molecule has 0 aromatic carbocycles. The molecule has 5 heteroatoms. The Bertz CT molecular complexity index is 697. The maximum absolute atomic E-state index is 12.8. The molecule has 2 fully saturated rings. The Morgan fingerprint density at radius 3 is 2.91 bits per heavy atom. The van der Waals surface area contributed by atoms with Crippen LogP contribution in [-0.2, 0) is 6.54 Å². The van der Waals surface area contributed by atoms with Crippen molar-refractivity contribution >= 4 is 5.91 Å². The first kappa shape index (κ1) is 14.5. The Morgan fingerprint density at radius 1 is 1.30 bits per heavy atom. The smallest absolute Gasteiger partial charge is 0.257 e. The summed E-state index contributed by atoms with van der Waals surface area (Å²) in [5.74, 6) is 0.829. The molecule has 0 radical (unpaired) electrons. The van der Waals surface area contributed by atoms with Crippen molar-refractivity contribution in [1.82, 2.24) is 14.8 Å². The normalized spacial score (nSPS) is 24.1. The van der Waals surface area contributed by atoms with Crippen LogP contribution in [0.1, 0.15) is 34.5 Å². The van der Waals surface area contributed by atoms with E-state index in [1.807, 2.05) is 24.1 Å². The van der Waals surface area contributed by atoms with E-state index in [0.717, 1.165) is 32.5 Å². The molecule has 4 rings (SSSR count). The van der Waals surface area contributed by atoms with Crippen molar-refractivity contribution < 1.29 is 9.21 Å². The molecule has 2 aliphatic heterocycles. The van der Waals surface area contributed by atoms with Gasteiger partial charge >= 0.3 is 0 Å². The number of carbonyl (C=O) groups excluding carboxylic acids is 1. The minimum atomic E-state index is 0.118. The number of fused-ring (bicyclic) bond motifs is 1. The van der Waals surface area contributed by atoms with Gasteiger partial charge in [0, 0.05) is 44.1 Å². The number of nitrogens with zero attached hydrogens (tertiary/aromatic N) is 3. The number of amides is 1. The summed E-state index contributed by atoms with van der Waals surface area (Å²) in [6.07, 6.45) is 7.43. The molecule has 2 aromatic heterocycles. The zero-order valence-electron chi connectivity index (χ0n) is 13.3. The SMILES string of the molecule is Cc1occc1C(=O)N1CC[C@H]2[C@@H]1CCN2Cc1cccnc1. The third-order valence-electron chi connectivity index (χ3n) is 5.15. The van der Waals surface area contributed by atoms with Crippen LogP contribution in [0, 0.1) is 6.92 Å². The fourth-order valence-corrected chi connectivity index (χ4v) is 4.01. The van der Waals surface area contributed by atoms with E-state index >= 15 is 0 Å². The average molecular weight is 311 g/mol. The van der Waals surface area contributed by atoms with Gasteiger partial charge in [-0.1, -0.05) is 6.07 Å². The summed E-state index contributed by atoms with van der Waals surface area (Å²) in [4.78, 5) is 21.5. The van der Waals surface area contributed by atoms with Gasteiger partial charge in [-0.05, 0) is 37.5 Å². The van der Waals surface area contributed by atoms with E-state index in [4.69, 9.17) is 4.42 Å². The largest absolute Gasteiger partial charge is 0.469 e. The summed E-state index contributed by atoms with van der Waals surface area (Å²) in [6.45, 7) is 4.65. The number of hydrogen-bond acceptors (Lipinski definition) is 4. The molecular weight excluding hydrogens is 290 g/mol. The molecule has 0 saturated carbocycles. The van der Waals surface area contributed by atoms with Gasteiger partial charge in [-0.2, -0.15) is 0 Å². The second-order valence-corrected chi connectivity index (χ2v) is 6.43. The lowest BCUT2D eigenvalue weighted by molar-refractivity contribution is 0.0730. The predicted octanol–water partition coefficient (Wildman–Crippen LogP) is 2.47. The zero-order chi connectivity index (χ0) is 15.8. The Balaban J connectivity index is 1.48. The van der Waals surface area contributed by atoms with Gasteiger partial charge in [0.2, 0.25) is 0 Å². The number of rotatable bonds is 3. The molecule has 1 amide bonds. The molecule has 2 aliphatic rings. The Hall–Kier alpha value is -2.14. The molecule has 2 aromatic rings. The van der Waals surface area contributed by atoms with E-state index in [-0.39, 0.29) is 5.91 Å². The standard InChI is InChI=1S/C18H21N3O2/c1-13-15(6-10-23-13)18(22)21-9-5-16-17(21)4-8-20(16)12-14-3-2-7-19-11-14/h2-3,6-7,10-11,16-17H,4-5,8-9,12H2,1H3/t16-,17-/m0/s1. The summed E-state index contributed by atoms with van der Waals surface area (Å²) < 4.78 is 5.29. The fourth-order valence-electron chi connectivity index (χ4n) is 4.01. The van der Waals surface area contributed by atoms with Crippen LogP contribution in [0.25, 0.3) is 0 Å². The van der Waals surface area contributed by atoms with Crippen LogP contribution in [0.5, 0.6) is 0 Å². The highest BCUT2D eigenvalue weighted by atomic mass is 16.3. The average Bonchev–Trinajstić information content (AvgIpc) is 3.25.